The van der Waals surface area contributed by atoms with Gasteiger partial charge in [-0.1, -0.05) is 12.1 Å². The molecule has 102 valence electrons. The molecule has 0 aliphatic heterocycles. The minimum absolute atomic E-state index is 0.0109. The number of hydrogen-bond donors (Lipinski definition) is 0. The van der Waals surface area contributed by atoms with E-state index in [4.69, 9.17) is 10.5 Å². The number of aromatic nitrogens is 2. The number of aryl methyl sites for hydroxylation is 1. The highest BCUT2D eigenvalue weighted by Gasteiger charge is 2.27. The van der Waals surface area contributed by atoms with E-state index < -0.39 is 0 Å². The smallest absolute Gasteiger partial charge is 0.177 e. The SMILES string of the molecule is Cc1ccc2c3c(cc(F)cc13)-c1nc(C#N)c(C#N)nc1-2. The Balaban J connectivity index is 2.22. The van der Waals surface area contributed by atoms with Gasteiger partial charge in [-0.3, -0.25) is 0 Å². The van der Waals surface area contributed by atoms with Gasteiger partial charge in [0, 0.05) is 16.5 Å². The molecule has 0 radical (unpaired) electrons. The Hall–Kier alpha value is -3.31. The summed E-state index contributed by atoms with van der Waals surface area (Å²) in [6.45, 7) is 1.91. The number of fused-ring (bicyclic) bond motifs is 3. The van der Waals surface area contributed by atoms with Gasteiger partial charge in [-0.25, -0.2) is 14.4 Å². The zero-order chi connectivity index (χ0) is 15.4. The second-order valence-corrected chi connectivity index (χ2v) is 5.15. The fourth-order valence-corrected chi connectivity index (χ4v) is 2.94. The number of halogens is 1. The van der Waals surface area contributed by atoms with Crippen molar-refractivity contribution in [2.45, 2.75) is 6.92 Å². The second kappa shape index (κ2) is 4.09. The Morgan fingerprint density at radius 3 is 2.23 bits per heavy atom. The topological polar surface area (TPSA) is 73.4 Å². The van der Waals surface area contributed by atoms with Crippen molar-refractivity contribution in [3.8, 4) is 34.7 Å². The van der Waals surface area contributed by atoms with Gasteiger partial charge in [-0.2, -0.15) is 10.5 Å². The number of rotatable bonds is 0. The lowest BCUT2D eigenvalue weighted by Crippen LogP contribution is -1.97. The van der Waals surface area contributed by atoms with E-state index in [2.05, 4.69) is 9.97 Å². The molecule has 22 heavy (non-hydrogen) atoms. The van der Waals surface area contributed by atoms with Crippen molar-refractivity contribution in [1.29, 1.82) is 10.5 Å². The van der Waals surface area contributed by atoms with Crippen LogP contribution in [0.25, 0.3) is 33.3 Å². The molecule has 1 aliphatic rings. The minimum Gasteiger partial charge on any atom is -0.232 e. The Bertz CT molecular complexity index is 1070. The van der Waals surface area contributed by atoms with Crippen LogP contribution in [0.2, 0.25) is 0 Å². The largest absolute Gasteiger partial charge is 0.232 e. The van der Waals surface area contributed by atoms with Gasteiger partial charge in [0.15, 0.2) is 11.4 Å². The fourth-order valence-electron chi connectivity index (χ4n) is 2.94. The Morgan fingerprint density at radius 2 is 1.59 bits per heavy atom. The zero-order valence-corrected chi connectivity index (χ0v) is 11.5. The van der Waals surface area contributed by atoms with Crippen LogP contribution < -0.4 is 0 Å². The average molecular weight is 286 g/mol. The quantitative estimate of drug-likeness (QED) is 0.496. The van der Waals surface area contributed by atoms with Crippen LogP contribution in [0.5, 0.6) is 0 Å². The second-order valence-electron chi connectivity index (χ2n) is 5.15. The van der Waals surface area contributed by atoms with Crippen molar-refractivity contribution in [2.24, 2.45) is 0 Å². The molecule has 0 atom stereocenters. The molecule has 2 aromatic carbocycles. The molecule has 1 aliphatic carbocycles. The standard InChI is InChI=1S/C17H7FN4/c1-8-2-3-10-15-11(8)4-9(18)5-12(15)17-16(10)21-13(6-19)14(7-20)22-17/h2-5H,1H3. The summed E-state index contributed by atoms with van der Waals surface area (Å²) in [5, 5.41) is 19.9. The molecule has 0 bridgehead atoms. The maximum absolute atomic E-state index is 13.9. The highest BCUT2D eigenvalue weighted by Crippen LogP contribution is 2.46. The van der Waals surface area contributed by atoms with E-state index in [9.17, 15) is 4.39 Å². The zero-order valence-electron chi connectivity index (χ0n) is 11.5. The molecular formula is C17H7FN4. The molecule has 5 heteroatoms. The van der Waals surface area contributed by atoms with Gasteiger partial charge in [-0.15, -0.1) is 0 Å². The highest BCUT2D eigenvalue weighted by atomic mass is 19.1. The van der Waals surface area contributed by atoms with Gasteiger partial charge in [0.2, 0.25) is 0 Å². The monoisotopic (exact) mass is 286 g/mol. The molecule has 3 aromatic rings. The van der Waals surface area contributed by atoms with E-state index in [0.29, 0.717) is 17.0 Å². The van der Waals surface area contributed by atoms with Crippen LogP contribution in [0.15, 0.2) is 24.3 Å². The summed E-state index contributed by atoms with van der Waals surface area (Å²) >= 11 is 0. The molecule has 0 unspecified atom stereocenters. The van der Waals surface area contributed by atoms with Crippen LogP contribution in [0.4, 0.5) is 4.39 Å². The molecule has 1 heterocycles. The molecule has 0 saturated heterocycles. The number of hydrogen-bond acceptors (Lipinski definition) is 4. The van der Waals surface area contributed by atoms with Crippen molar-refractivity contribution >= 4 is 10.8 Å². The Labute approximate surface area is 125 Å². The minimum atomic E-state index is -0.361. The molecule has 0 amide bonds. The summed E-state index contributed by atoms with van der Waals surface area (Å²) in [6.07, 6.45) is 0. The van der Waals surface area contributed by atoms with Crippen molar-refractivity contribution < 1.29 is 4.39 Å². The van der Waals surface area contributed by atoms with Crippen molar-refractivity contribution in [1.82, 2.24) is 9.97 Å². The molecule has 0 N–H and O–H groups in total. The highest BCUT2D eigenvalue weighted by molar-refractivity contribution is 6.14. The average Bonchev–Trinajstić information content (AvgIpc) is 2.83. The van der Waals surface area contributed by atoms with Crippen LogP contribution in [0.1, 0.15) is 17.0 Å². The lowest BCUT2D eigenvalue weighted by Gasteiger charge is -2.05. The third-order valence-corrected chi connectivity index (χ3v) is 3.92. The molecular weight excluding hydrogens is 279 g/mol. The van der Waals surface area contributed by atoms with Gasteiger partial charge in [0.1, 0.15) is 18.0 Å². The van der Waals surface area contributed by atoms with E-state index in [1.54, 1.807) is 0 Å². The predicted octanol–water partition coefficient (Wildman–Crippen LogP) is 3.47. The first-order valence-corrected chi connectivity index (χ1v) is 6.60. The van der Waals surface area contributed by atoms with Crippen LogP contribution >= 0.6 is 0 Å². The summed E-state index contributed by atoms with van der Waals surface area (Å²) in [5.74, 6) is -0.361. The third-order valence-electron chi connectivity index (χ3n) is 3.92. The van der Waals surface area contributed by atoms with E-state index in [-0.39, 0.29) is 17.2 Å². The maximum atomic E-state index is 13.9. The summed E-state index contributed by atoms with van der Waals surface area (Å²) in [7, 11) is 0. The Morgan fingerprint density at radius 1 is 0.955 bits per heavy atom. The van der Waals surface area contributed by atoms with Crippen LogP contribution in [-0.2, 0) is 0 Å². The van der Waals surface area contributed by atoms with E-state index in [0.717, 1.165) is 21.9 Å². The summed E-state index contributed by atoms with van der Waals surface area (Å²) in [4.78, 5) is 8.51. The lowest BCUT2D eigenvalue weighted by atomic mass is 10.00. The van der Waals surface area contributed by atoms with Crippen LogP contribution in [-0.4, -0.2) is 9.97 Å². The molecule has 4 rings (SSSR count). The number of benzene rings is 2. The normalized spacial score (nSPS) is 11.1. The Kier molecular flexibility index (Phi) is 2.31. The molecule has 0 fully saturated rings. The molecule has 0 spiro atoms. The summed E-state index contributed by atoms with van der Waals surface area (Å²) in [5.41, 5.74) is 3.33. The van der Waals surface area contributed by atoms with Gasteiger partial charge < -0.3 is 0 Å². The first kappa shape index (κ1) is 12.4. The van der Waals surface area contributed by atoms with Crippen molar-refractivity contribution in [3.05, 3.63) is 47.0 Å². The predicted molar refractivity (Wildman–Crippen MR) is 78.1 cm³/mol. The van der Waals surface area contributed by atoms with E-state index >= 15 is 0 Å². The van der Waals surface area contributed by atoms with Gasteiger partial charge >= 0.3 is 0 Å². The van der Waals surface area contributed by atoms with Gasteiger partial charge in [0.05, 0.1) is 11.4 Å². The molecule has 1 aromatic heterocycles. The first-order chi connectivity index (χ1) is 10.6. The number of nitrogens with zero attached hydrogens (tertiary/aromatic N) is 4. The van der Waals surface area contributed by atoms with Crippen LogP contribution in [0, 0.1) is 35.4 Å². The van der Waals surface area contributed by atoms with E-state index in [1.807, 2.05) is 31.2 Å². The van der Waals surface area contributed by atoms with Crippen molar-refractivity contribution in [3.63, 3.8) is 0 Å². The summed E-state index contributed by atoms with van der Waals surface area (Å²) in [6, 6.07) is 10.4. The first-order valence-electron chi connectivity index (χ1n) is 6.60. The van der Waals surface area contributed by atoms with E-state index in [1.165, 1.54) is 12.1 Å². The van der Waals surface area contributed by atoms with Crippen molar-refractivity contribution in [2.75, 3.05) is 0 Å². The van der Waals surface area contributed by atoms with Crippen LogP contribution in [0.3, 0.4) is 0 Å². The maximum Gasteiger partial charge on any atom is 0.177 e. The lowest BCUT2D eigenvalue weighted by molar-refractivity contribution is 0.630. The summed E-state index contributed by atoms with van der Waals surface area (Å²) < 4.78 is 13.9. The fraction of sp³-hybridized carbons (Fsp3) is 0.0588. The van der Waals surface area contributed by atoms with Gasteiger partial charge in [-0.05, 0) is 30.0 Å². The third kappa shape index (κ3) is 1.43. The molecule has 4 nitrogen and oxygen atoms in total. The van der Waals surface area contributed by atoms with Gasteiger partial charge in [0.25, 0.3) is 0 Å². The molecule has 0 saturated carbocycles. The number of nitriles is 2.